The Balaban J connectivity index is 2.10. The number of ether oxygens (including phenoxy) is 2. The fraction of sp³-hybridized carbons (Fsp3) is 0.533. The highest BCUT2D eigenvalue weighted by atomic mass is 16.5. The standard InChI is InChI=1S/C15H22N2O3/c1-3-12-10-17(7-8-20-12)15(18)11-5-6-14(19-4-2)13(16)9-11/h5-6,9,12H,3-4,7-8,10,16H2,1-2H3. The molecule has 0 aliphatic carbocycles. The van der Waals surface area contributed by atoms with Gasteiger partial charge in [0, 0.05) is 18.7 Å². The van der Waals surface area contributed by atoms with E-state index in [0.717, 1.165) is 6.42 Å². The maximum atomic E-state index is 12.5. The van der Waals surface area contributed by atoms with Crippen LogP contribution in [0.3, 0.4) is 0 Å². The highest BCUT2D eigenvalue weighted by molar-refractivity contribution is 5.95. The molecule has 1 atom stereocenters. The van der Waals surface area contributed by atoms with Crippen molar-refractivity contribution in [1.29, 1.82) is 0 Å². The van der Waals surface area contributed by atoms with Crippen LogP contribution in [0.4, 0.5) is 5.69 Å². The summed E-state index contributed by atoms with van der Waals surface area (Å²) in [6.45, 7) is 6.38. The summed E-state index contributed by atoms with van der Waals surface area (Å²) >= 11 is 0. The number of hydrogen-bond donors (Lipinski definition) is 1. The van der Waals surface area contributed by atoms with E-state index in [9.17, 15) is 4.79 Å². The second-order valence-corrected chi connectivity index (χ2v) is 4.84. The fourth-order valence-electron chi connectivity index (χ4n) is 2.30. The molecule has 1 aliphatic rings. The van der Waals surface area contributed by atoms with Gasteiger partial charge in [-0.3, -0.25) is 4.79 Å². The quantitative estimate of drug-likeness (QED) is 0.855. The number of morpholine rings is 1. The molecule has 0 spiro atoms. The molecule has 0 radical (unpaired) electrons. The predicted molar refractivity (Wildman–Crippen MR) is 78.0 cm³/mol. The van der Waals surface area contributed by atoms with E-state index in [-0.39, 0.29) is 12.0 Å². The summed E-state index contributed by atoms with van der Waals surface area (Å²) in [6.07, 6.45) is 1.04. The number of nitrogens with zero attached hydrogens (tertiary/aromatic N) is 1. The number of rotatable bonds is 4. The van der Waals surface area contributed by atoms with Gasteiger partial charge >= 0.3 is 0 Å². The number of nitrogens with two attached hydrogens (primary N) is 1. The lowest BCUT2D eigenvalue weighted by atomic mass is 10.1. The topological polar surface area (TPSA) is 64.8 Å². The molecule has 5 heteroatoms. The van der Waals surface area contributed by atoms with Crippen molar-refractivity contribution < 1.29 is 14.3 Å². The van der Waals surface area contributed by atoms with Crippen LogP contribution in [0.2, 0.25) is 0 Å². The summed E-state index contributed by atoms with van der Waals surface area (Å²) in [5.74, 6) is 0.624. The van der Waals surface area contributed by atoms with Crippen LogP contribution in [0.1, 0.15) is 30.6 Å². The molecular formula is C15H22N2O3. The lowest BCUT2D eigenvalue weighted by molar-refractivity contribution is -0.0226. The number of hydrogen-bond acceptors (Lipinski definition) is 4. The van der Waals surface area contributed by atoms with Crippen LogP contribution in [-0.2, 0) is 4.74 Å². The number of carbonyl (C=O) groups excluding carboxylic acids is 1. The highest BCUT2D eigenvalue weighted by Crippen LogP contribution is 2.23. The second-order valence-electron chi connectivity index (χ2n) is 4.84. The number of carbonyl (C=O) groups is 1. The van der Waals surface area contributed by atoms with E-state index in [2.05, 4.69) is 6.92 Å². The third-order valence-corrected chi connectivity index (χ3v) is 3.44. The number of amides is 1. The molecule has 0 saturated carbocycles. The van der Waals surface area contributed by atoms with Crippen LogP contribution in [-0.4, -0.2) is 43.2 Å². The van der Waals surface area contributed by atoms with Crippen LogP contribution in [0.5, 0.6) is 5.75 Å². The van der Waals surface area contributed by atoms with Crippen LogP contribution in [0.15, 0.2) is 18.2 Å². The van der Waals surface area contributed by atoms with Crippen molar-refractivity contribution in [3.63, 3.8) is 0 Å². The Kier molecular flexibility index (Phi) is 4.84. The van der Waals surface area contributed by atoms with Gasteiger partial charge in [0.15, 0.2) is 0 Å². The van der Waals surface area contributed by atoms with Crippen molar-refractivity contribution in [2.75, 3.05) is 32.0 Å². The van der Waals surface area contributed by atoms with Crippen molar-refractivity contribution in [3.05, 3.63) is 23.8 Å². The molecule has 1 unspecified atom stereocenters. The number of anilines is 1. The SMILES string of the molecule is CCOc1ccc(C(=O)N2CCOC(CC)C2)cc1N. The van der Waals surface area contributed by atoms with Crippen molar-refractivity contribution >= 4 is 11.6 Å². The van der Waals surface area contributed by atoms with E-state index in [1.165, 1.54) is 0 Å². The van der Waals surface area contributed by atoms with Gasteiger partial charge in [0.05, 0.1) is 25.0 Å². The molecule has 2 N–H and O–H groups in total. The summed E-state index contributed by atoms with van der Waals surface area (Å²) in [6, 6.07) is 5.20. The van der Waals surface area contributed by atoms with Gasteiger partial charge in [-0.2, -0.15) is 0 Å². The van der Waals surface area contributed by atoms with E-state index < -0.39 is 0 Å². The summed E-state index contributed by atoms with van der Waals surface area (Å²) in [4.78, 5) is 14.3. The van der Waals surface area contributed by atoms with Crippen molar-refractivity contribution in [2.45, 2.75) is 26.4 Å². The van der Waals surface area contributed by atoms with Gasteiger partial charge in [-0.05, 0) is 31.5 Å². The average Bonchev–Trinajstić information content (AvgIpc) is 2.49. The zero-order valence-electron chi connectivity index (χ0n) is 12.1. The summed E-state index contributed by atoms with van der Waals surface area (Å²) in [5, 5.41) is 0. The lowest BCUT2D eigenvalue weighted by Gasteiger charge is -2.32. The Bertz CT molecular complexity index is 476. The van der Waals surface area contributed by atoms with E-state index in [1.807, 2.05) is 11.8 Å². The molecule has 110 valence electrons. The monoisotopic (exact) mass is 278 g/mol. The molecule has 5 nitrogen and oxygen atoms in total. The maximum Gasteiger partial charge on any atom is 0.254 e. The molecule has 1 aromatic carbocycles. The fourth-order valence-corrected chi connectivity index (χ4v) is 2.30. The molecule has 2 rings (SSSR count). The Hall–Kier alpha value is -1.75. The molecule has 1 amide bonds. The first-order valence-electron chi connectivity index (χ1n) is 7.08. The van der Waals surface area contributed by atoms with Gasteiger partial charge in [-0.25, -0.2) is 0 Å². The number of benzene rings is 1. The van der Waals surface area contributed by atoms with Gasteiger partial charge in [0.25, 0.3) is 5.91 Å². The van der Waals surface area contributed by atoms with Gasteiger partial charge < -0.3 is 20.1 Å². The Morgan fingerprint density at radius 2 is 2.30 bits per heavy atom. The molecule has 0 aromatic heterocycles. The summed E-state index contributed by atoms with van der Waals surface area (Å²) < 4.78 is 11.0. The molecule has 1 heterocycles. The minimum absolute atomic E-state index is 0.00139. The molecule has 1 fully saturated rings. The van der Waals surface area contributed by atoms with Crippen molar-refractivity contribution in [3.8, 4) is 5.75 Å². The first-order chi connectivity index (χ1) is 9.65. The van der Waals surface area contributed by atoms with E-state index in [4.69, 9.17) is 15.2 Å². The first kappa shape index (κ1) is 14.7. The number of nitrogen functional groups attached to an aromatic ring is 1. The van der Waals surface area contributed by atoms with Crippen molar-refractivity contribution in [2.24, 2.45) is 0 Å². The minimum atomic E-state index is 0.00139. The Labute approximate surface area is 119 Å². The summed E-state index contributed by atoms with van der Waals surface area (Å²) in [5.41, 5.74) is 7.01. The lowest BCUT2D eigenvalue weighted by Crippen LogP contribution is -2.45. The Morgan fingerprint density at radius 3 is 2.95 bits per heavy atom. The molecule has 1 saturated heterocycles. The van der Waals surface area contributed by atoms with Gasteiger partial charge in [0.2, 0.25) is 0 Å². The van der Waals surface area contributed by atoms with Crippen LogP contribution < -0.4 is 10.5 Å². The first-order valence-corrected chi connectivity index (χ1v) is 7.08. The summed E-state index contributed by atoms with van der Waals surface area (Å²) in [7, 11) is 0. The minimum Gasteiger partial charge on any atom is -0.492 e. The smallest absolute Gasteiger partial charge is 0.254 e. The van der Waals surface area contributed by atoms with Crippen molar-refractivity contribution in [1.82, 2.24) is 4.90 Å². The molecular weight excluding hydrogens is 256 g/mol. The normalized spacial score (nSPS) is 18.9. The van der Waals surface area contributed by atoms with E-state index in [0.29, 0.717) is 43.3 Å². The molecule has 20 heavy (non-hydrogen) atoms. The zero-order chi connectivity index (χ0) is 14.5. The zero-order valence-corrected chi connectivity index (χ0v) is 12.1. The van der Waals surface area contributed by atoms with Crippen LogP contribution >= 0.6 is 0 Å². The molecule has 1 aromatic rings. The van der Waals surface area contributed by atoms with E-state index in [1.54, 1.807) is 18.2 Å². The second kappa shape index (κ2) is 6.61. The van der Waals surface area contributed by atoms with E-state index >= 15 is 0 Å². The third-order valence-electron chi connectivity index (χ3n) is 3.44. The van der Waals surface area contributed by atoms with Crippen LogP contribution in [0.25, 0.3) is 0 Å². The largest absolute Gasteiger partial charge is 0.492 e. The molecule has 1 aliphatic heterocycles. The van der Waals surface area contributed by atoms with Gasteiger partial charge in [0.1, 0.15) is 5.75 Å². The third kappa shape index (κ3) is 3.22. The maximum absolute atomic E-state index is 12.5. The van der Waals surface area contributed by atoms with Crippen LogP contribution in [0, 0.1) is 0 Å². The Morgan fingerprint density at radius 1 is 1.50 bits per heavy atom. The average molecular weight is 278 g/mol. The molecule has 0 bridgehead atoms. The predicted octanol–water partition coefficient (Wildman–Crippen LogP) is 1.92. The van der Waals surface area contributed by atoms with Gasteiger partial charge in [-0.1, -0.05) is 6.92 Å². The van der Waals surface area contributed by atoms with Gasteiger partial charge in [-0.15, -0.1) is 0 Å². The highest BCUT2D eigenvalue weighted by Gasteiger charge is 2.24.